The molecule has 1 aliphatic rings. The van der Waals surface area contributed by atoms with E-state index in [-0.39, 0.29) is 0 Å². The van der Waals surface area contributed by atoms with Crippen LogP contribution in [0.25, 0.3) is 10.9 Å². The first-order valence-corrected chi connectivity index (χ1v) is 11.9. The number of ether oxygens (including phenoxy) is 3. The summed E-state index contributed by atoms with van der Waals surface area (Å²) < 4.78 is 15.0. The van der Waals surface area contributed by atoms with Crippen LogP contribution in [0, 0.1) is 5.92 Å². The third-order valence-electron chi connectivity index (χ3n) is 6.56. The number of aromatic amines is 1. The summed E-state index contributed by atoms with van der Waals surface area (Å²) >= 11 is 0. The van der Waals surface area contributed by atoms with Gasteiger partial charge in [-0.2, -0.15) is 0 Å². The summed E-state index contributed by atoms with van der Waals surface area (Å²) in [5.74, 6) is 2.16. The molecular weight excluding hydrogens is 416 g/mol. The van der Waals surface area contributed by atoms with Crippen molar-refractivity contribution in [3.8, 4) is 11.5 Å². The number of fused-ring (bicyclic) bond motifs is 1. The quantitative estimate of drug-likeness (QED) is 0.261. The molecule has 3 aromatic rings. The first-order chi connectivity index (χ1) is 16.1. The highest BCUT2D eigenvalue weighted by atomic mass is 16.7. The number of aryl methyl sites for hydroxylation is 1. The number of carbonyl (C=O) groups is 1. The van der Waals surface area contributed by atoms with Crippen LogP contribution in [-0.4, -0.2) is 49.9 Å². The Morgan fingerprint density at radius 2 is 1.91 bits per heavy atom. The highest BCUT2D eigenvalue weighted by Gasteiger charge is 2.20. The molecule has 0 radical (unpaired) electrons. The Bertz CT molecular complexity index is 1040. The van der Waals surface area contributed by atoms with E-state index < -0.39 is 6.16 Å². The summed E-state index contributed by atoms with van der Waals surface area (Å²) in [5.41, 5.74) is 3.72. The molecule has 2 aromatic carbocycles. The third-order valence-corrected chi connectivity index (χ3v) is 6.56. The Balaban J connectivity index is 1.24. The van der Waals surface area contributed by atoms with Crippen LogP contribution in [0.15, 0.2) is 48.7 Å². The zero-order valence-electron chi connectivity index (χ0n) is 19.6. The molecule has 0 bridgehead atoms. The van der Waals surface area contributed by atoms with Crippen molar-refractivity contribution >= 4 is 17.1 Å². The molecule has 0 aliphatic carbocycles. The predicted molar refractivity (Wildman–Crippen MR) is 130 cm³/mol. The second kappa shape index (κ2) is 11.2. The largest absolute Gasteiger partial charge is 0.513 e. The van der Waals surface area contributed by atoms with E-state index in [4.69, 9.17) is 9.47 Å². The van der Waals surface area contributed by atoms with Crippen LogP contribution in [0.1, 0.15) is 36.8 Å². The number of unbranched alkanes of at least 4 members (excludes halogenated alkanes) is 1. The number of H-pyrrole nitrogens is 1. The van der Waals surface area contributed by atoms with E-state index in [2.05, 4.69) is 45.1 Å². The lowest BCUT2D eigenvalue weighted by Gasteiger charge is -2.33. The number of likely N-dealkylation sites (tertiary alicyclic amines) is 1. The lowest BCUT2D eigenvalue weighted by molar-refractivity contribution is 0.121. The fourth-order valence-corrected chi connectivity index (χ4v) is 4.83. The Kier molecular flexibility index (Phi) is 7.89. The van der Waals surface area contributed by atoms with Crippen LogP contribution in [0.3, 0.4) is 0 Å². The lowest BCUT2D eigenvalue weighted by Crippen LogP contribution is -2.36. The fourth-order valence-electron chi connectivity index (χ4n) is 4.83. The van der Waals surface area contributed by atoms with Crippen LogP contribution in [0.4, 0.5) is 4.79 Å². The number of rotatable bonds is 9. The first-order valence-electron chi connectivity index (χ1n) is 11.9. The first kappa shape index (κ1) is 23.2. The van der Waals surface area contributed by atoms with Gasteiger partial charge in [0.05, 0.1) is 14.2 Å². The van der Waals surface area contributed by atoms with Gasteiger partial charge in [0, 0.05) is 23.6 Å². The van der Waals surface area contributed by atoms with E-state index in [0.717, 1.165) is 48.4 Å². The molecule has 6 nitrogen and oxygen atoms in total. The Morgan fingerprint density at radius 1 is 1.09 bits per heavy atom. The lowest BCUT2D eigenvalue weighted by atomic mass is 9.91. The molecule has 4 rings (SSSR count). The van der Waals surface area contributed by atoms with Crippen molar-refractivity contribution in [3.63, 3.8) is 0 Å². The standard InChI is InChI=1S/C27H34N2O4/c1-31-23-10-8-20(9-11-23)16-21-6-5-15-29(19-21)14-4-3-7-22-18-28-26-13-12-24(17-25(22)26)33-27(30)32-2/h8-13,17-18,21,28H,3-7,14-16,19H2,1-2H3. The molecule has 2 heterocycles. The summed E-state index contributed by atoms with van der Waals surface area (Å²) in [5, 5.41) is 1.11. The minimum atomic E-state index is -0.696. The summed E-state index contributed by atoms with van der Waals surface area (Å²) in [6.07, 6.45) is 8.43. The van der Waals surface area contributed by atoms with Crippen LogP contribution >= 0.6 is 0 Å². The molecule has 1 unspecified atom stereocenters. The number of benzene rings is 2. The molecule has 1 fully saturated rings. The fraction of sp³-hybridized carbons (Fsp3) is 0.444. The molecule has 1 aromatic heterocycles. The van der Waals surface area contributed by atoms with Crippen LogP contribution in [-0.2, 0) is 17.6 Å². The van der Waals surface area contributed by atoms with E-state index in [0.29, 0.717) is 5.75 Å². The van der Waals surface area contributed by atoms with Crippen LogP contribution < -0.4 is 9.47 Å². The summed E-state index contributed by atoms with van der Waals surface area (Å²) in [4.78, 5) is 17.3. The number of hydrogen-bond donors (Lipinski definition) is 1. The smallest absolute Gasteiger partial charge is 0.497 e. The second-order valence-corrected chi connectivity index (χ2v) is 8.90. The molecule has 1 saturated heterocycles. The topological polar surface area (TPSA) is 63.8 Å². The number of hydrogen-bond acceptors (Lipinski definition) is 5. The maximum absolute atomic E-state index is 11.4. The molecule has 1 atom stereocenters. The van der Waals surface area contributed by atoms with Crippen molar-refractivity contribution in [1.29, 1.82) is 0 Å². The number of carbonyl (C=O) groups excluding carboxylic acids is 1. The molecule has 1 N–H and O–H groups in total. The predicted octanol–water partition coefficient (Wildman–Crippen LogP) is 5.60. The van der Waals surface area contributed by atoms with Crippen molar-refractivity contribution < 1.29 is 19.0 Å². The Hall–Kier alpha value is -2.99. The maximum Gasteiger partial charge on any atom is 0.513 e. The number of nitrogens with zero attached hydrogens (tertiary/aromatic N) is 1. The van der Waals surface area contributed by atoms with Crippen LogP contribution in [0.2, 0.25) is 0 Å². The number of piperidine rings is 1. The molecule has 33 heavy (non-hydrogen) atoms. The van der Waals surface area contributed by atoms with Crippen molar-refractivity contribution in [1.82, 2.24) is 9.88 Å². The van der Waals surface area contributed by atoms with Gasteiger partial charge >= 0.3 is 6.16 Å². The molecule has 0 saturated carbocycles. The van der Waals surface area contributed by atoms with E-state index in [9.17, 15) is 4.79 Å². The monoisotopic (exact) mass is 450 g/mol. The van der Waals surface area contributed by atoms with Crippen LogP contribution in [0.5, 0.6) is 11.5 Å². The minimum absolute atomic E-state index is 0.506. The highest BCUT2D eigenvalue weighted by Crippen LogP contribution is 2.26. The van der Waals surface area contributed by atoms with E-state index >= 15 is 0 Å². The minimum Gasteiger partial charge on any atom is -0.497 e. The summed E-state index contributed by atoms with van der Waals surface area (Å²) in [6.45, 7) is 3.55. The summed E-state index contributed by atoms with van der Waals surface area (Å²) in [6, 6.07) is 14.1. The van der Waals surface area contributed by atoms with Gasteiger partial charge in [0.2, 0.25) is 0 Å². The van der Waals surface area contributed by atoms with Gasteiger partial charge in [0.25, 0.3) is 0 Å². The Morgan fingerprint density at radius 3 is 2.70 bits per heavy atom. The van der Waals surface area contributed by atoms with Gasteiger partial charge in [0.15, 0.2) is 0 Å². The van der Waals surface area contributed by atoms with Gasteiger partial charge in [-0.25, -0.2) is 4.79 Å². The van der Waals surface area contributed by atoms with E-state index in [1.54, 1.807) is 13.2 Å². The third kappa shape index (κ3) is 6.29. The van der Waals surface area contributed by atoms with Gasteiger partial charge < -0.3 is 24.1 Å². The van der Waals surface area contributed by atoms with Gasteiger partial charge in [-0.15, -0.1) is 0 Å². The number of aromatic nitrogens is 1. The zero-order valence-corrected chi connectivity index (χ0v) is 19.6. The Labute approximate surface area is 195 Å². The molecule has 1 aliphatic heterocycles. The van der Waals surface area contributed by atoms with Gasteiger partial charge in [-0.3, -0.25) is 0 Å². The SMILES string of the molecule is COC(=O)Oc1ccc2[nH]cc(CCCCN3CCCC(Cc4ccc(OC)cc4)C3)c2c1. The number of nitrogens with one attached hydrogen (secondary N) is 1. The normalized spacial score (nSPS) is 16.6. The van der Waals surface area contributed by atoms with Crippen molar-refractivity contribution in [2.24, 2.45) is 5.92 Å². The highest BCUT2D eigenvalue weighted by molar-refractivity contribution is 5.85. The van der Waals surface area contributed by atoms with E-state index in [1.165, 1.54) is 50.6 Å². The molecule has 6 heteroatoms. The van der Waals surface area contributed by atoms with Crippen molar-refractivity contribution in [2.45, 2.75) is 38.5 Å². The van der Waals surface area contributed by atoms with E-state index in [1.807, 2.05) is 12.1 Å². The molecule has 0 amide bonds. The van der Waals surface area contributed by atoms with Crippen molar-refractivity contribution in [2.75, 3.05) is 33.9 Å². The summed E-state index contributed by atoms with van der Waals surface area (Å²) in [7, 11) is 3.02. The van der Waals surface area contributed by atoms with Gasteiger partial charge in [-0.05, 0) is 99.0 Å². The van der Waals surface area contributed by atoms with Gasteiger partial charge in [-0.1, -0.05) is 12.1 Å². The average molecular weight is 451 g/mol. The average Bonchev–Trinajstić information content (AvgIpc) is 3.24. The van der Waals surface area contributed by atoms with Crippen molar-refractivity contribution in [3.05, 3.63) is 59.8 Å². The zero-order chi connectivity index (χ0) is 23.0. The second-order valence-electron chi connectivity index (χ2n) is 8.90. The number of methoxy groups -OCH3 is 2. The maximum atomic E-state index is 11.4. The molecule has 0 spiro atoms. The van der Waals surface area contributed by atoms with Gasteiger partial charge in [0.1, 0.15) is 11.5 Å². The molecule has 176 valence electrons. The molecular formula is C27H34N2O4.